The molecule has 1 aliphatic heterocycles. The molecule has 0 fully saturated rings. The molecule has 8 heteroatoms. The second kappa shape index (κ2) is 6.78. The van der Waals surface area contributed by atoms with Crippen LogP contribution in [-0.4, -0.2) is 34.0 Å². The highest BCUT2D eigenvalue weighted by Crippen LogP contribution is 2.53. The number of aromatic nitrogens is 2. The normalized spacial score (nSPS) is 19.2. The number of aliphatic hydroxyl groups excluding tert-OH is 1. The van der Waals surface area contributed by atoms with Gasteiger partial charge >= 0.3 is 0 Å². The number of Topliss-reactive ketones (excluding diaryl/α,β-unsaturated/α-hetero) is 1. The van der Waals surface area contributed by atoms with Crippen molar-refractivity contribution >= 4 is 17.4 Å². The molecule has 1 aliphatic carbocycles. The minimum Gasteiger partial charge on any atom is -0.503 e. The van der Waals surface area contributed by atoms with Gasteiger partial charge in [0.2, 0.25) is 11.7 Å². The fraction of sp³-hybridized carbons (Fsp3) is 0.250. The number of aryl methyl sites for hydroxylation is 1. The number of ketones is 1. The highest BCUT2D eigenvalue weighted by Gasteiger charge is 2.54. The first kappa shape index (κ1) is 20.0. The smallest absolute Gasteiger partial charge is 0.294 e. The maximum absolute atomic E-state index is 13.4. The SMILES string of the molecule is COc1cccc2c1C1C(=C(O)C(=O)N1c1ccc(-c3noc(C)n3)cc1)C(=O)C2(C)C. The molecule has 0 spiro atoms. The van der Waals surface area contributed by atoms with Crippen molar-refractivity contribution < 1.29 is 24.0 Å². The number of carbonyl (C=O) groups is 2. The molecule has 5 rings (SSSR count). The predicted octanol–water partition coefficient (Wildman–Crippen LogP) is 3.81. The molecule has 1 unspecified atom stereocenters. The number of rotatable bonds is 3. The van der Waals surface area contributed by atoms with Crippen molar-refractivity contribution in [2.45, 2.75) is 32.2 Å². The quantitative estimate of drug-likeness (QED) is 0.672. The molecule has 0 radical (unpaired) electrons. The van der Waals surface area contributed by atoms with Crippen molar-refractivity contribution in [2.24, 2.45) is 0 Å². The Morgan fingerprint density at radius 1 is 1.12 bits per heavy atom. The summed E-state index contributed by atoms with van der Waals surface area (Å²) in [4.78, 5) is 32.2. The number of methoxy groups -OCH3 is 1. The van der Waals surface area contributed by atoms with Gasteiger partial charge < -0.3 is 14.4 Å². The molecule has 1 atom stereocenters. The molecule has 0 bridgehead atoms. The zero-order chi connectivity index (χ0) is 22.8. The Balaban J connectivity index is 1.67. The lowest BCUT2D eigenvalue weighted by Crippen LogP contribution is -2.41. The molecule has 3 aromatic rings. The van der Waals surface area contributed by atoms with Crippen molar-refractivity contribution in [3.8, 4) is 17.1 Å². The van der Waals surface area contributed by atoms with E-state index in [0.29, 0.717) is 34.3 Å². The van der Waals surface area contributed by atoms with Crippen molar-refractivity contribution in [1.82, 2.24) is 10.1 Å². The molecule has 2 heterocycles. The lowest BCUT2D eigenvalue weighted by molar-refractivity contribution is -0.121. The first-order chi connectivity index (χ1) is 15.3. The number of aliphatic hydroxyl groups is 1. The number of nitrogens with zero attached hydrogens (tertiary/aromatic N) is 3. The van der Waals surface area contributed by atoms with Crippen LogP contribution in [0.15, 0.2) is 58.3 Å². The van der Waals surface area contributed by atoms with Crippen LogP contribution in [-0.2, 0) is 15.0 Å². The number of hydrogen-bond acceptors (Lipinski definition) is 7. The van der Waals surface area contributed by atoms with Crippen LogP contribution < -0.4 is 9.64 Å². The summed E-state index contributed by atoms with van der Waals surface area (Å²) < 4.78 is 10.6. The van der Waals surface area contributed by atoms with Gasteiger partial charge in [-0.3, -0.25) is 14.5 Å². The van der Waals surface area contributed by atoms with Gasteiger partial charge in [0.1, 0.15) is 5.75 Å². The summed E-state index contributed by atoms with van der Waals surface area (Å²) in [5.74, 6) is 0.000638. The first-order valence-corrected chi connectivity index (χ1v) is 10.1. The van der Waals surface area contributed by atoms with E-state index in [2.05, 4.69) is 10.1 Å². The number of ether oxygens (including phenoxy) is 1. The van der Waals surface area contributed by atoms with Crippen molar-refractivity contribution in [3.63, 3.8) is 0 Å². The van der Waals surface area contributed by atoms with E-state index >= 15 is 0 Å². The Bertz CT molecular complexity index is 1300. The average Bonchev–Trinajstić information content (AvgIpc) is 3.33. The maximum atomic E-state index is 13.4. The Labute approximate surface area is 184 Å². The molecule has 0 saturated heterocycles. The Morgan fingerprint density at radius 3 is 2.47 bits per heavy atom. The maximum Gasteiger partial charge on any atom is 0.294 e. The summed E-state index contributed by atoms with van der Waals surface area (Å²) in [5, 5.41) is 14.7. The third-order valence-corrected chi connectivity index (χ3v) is 6.18. The molecular weight excluding hydrogens is 410 g/mol. The van der Waals surface area contributed by atoms with Crippen LogP contribution in [0.3, 0.4) is 0 Å². The monoisotopic (exact) mass is 431 g/mol. The standard InChI is InChI=1S/C24H21N3O5/c1-12-25-22(26-32-12)13-8-10-14(11-9-13)27-19-17-15(6-5-7-16(17)31-4)24(2,3)21(29)18(19)20(28)23(27)30/h5-11,19,28H,1-4H3. The summed E-state index contributed by atoms with van der Waals surface area (Å²) >= 11 is 0. The minimum atomic E-state index is -0.916. The van der Waals surface area contributed by atoms with Gasteiger partial charge in [0, 0.05) is 23.7 Å². The molecule has 0 saturated carbocycles. The van der Waals surface area contributed by atoms with Gasteiger partial charge in [-0.25, -0.2) is 0 Å². The predicted molar refractivity (Wildman–Crippen MR) is 115 cm³/mol. The largest absolute Gasteiger partial charge is 0.503 e. The zero-order valence-corrected chi connectivity index (χ0v) is 18.0. The molecule has 32 heavy (non-hydrogen) atoms. The number of fused-ring (bicyclic) bond motifs is 3. The summed E-state index contributed by atoms with van der Waals surface area (Å²) in [6.07, 6.45) is 0. The lowest BCUT2D eigenvalue weighted by Gasteiger charge is -2.39. The summed E-state index contributed by atoms with van der Waals surface area (Å²) in [6, 6.07) is 11.7. The van der Waals surface area contributed by atoms with Gasteiger partial charge in [0.05, 0.1) is 24.1 Å². The van der Waals surface area contributed by atoms with Crippen LogP contribution in [0.1, 0.15) is 36.9 Å². The van der Waals surface area contributed by atoms with Gasteiger partial charge in [-0.05, 0) is 49.7 Å². The fourth-order valence-corrected chi connectivity index (χ4v) is 4.57. The van der Waals surface area contributed by atoms with Gasteiger partial charge in [0.25, 0.3) is 5.91 Å². The van der Waals surface area contributed by atoms with E-state index < -0.39 is 23.1 Å². The second-order valence-electron chi connectivity index (χ2n) is 8.40. The van der Waals surface area contributed by atoms with E-state index in [-0.39, 0.29) is 11.4 Å². The average molecular weight is 431 g/mol. The molecule has 1 N–H and O–H groups in total. The highest BCUT2D eigenvalue weighted by molar-refractivity contribution is 6.20. The van der Waals surface area contributed by atoms with E-state index in [9.17, 15) is 14.7 Å². The third kappa shape index (κ3) is 2.62. The van der Waals surface area contributed by atoms with E-state index in [1.807, 2.05) is 12.1 Å². The number of benzene rings is 2. The van der Waals surface area contributed by atoms with Gasteiger partial charge in [-0.1, -0.05) is 17.3 Å². The van der Waals surface area contributed by atoms with Crippen LogP contribution in [0.4, 0.5) is 5.69 Å². The molecular formula is C24H21N3O5. The molecule has 8 nitrogen and oxygen atoms in total. The van der Waals surface area contributed by atoms with Crippen LogP contribution in [0.2, 0.25) is 0 Å². The van der Waals surface area contributed by atoms with Crippen molar-refractivity contribution in [3.05, 3.63) is 70.8 Å². The van der Waals surface area contributed by atoms with E-state index in [4.69, 9.17) is 9.26 Å². The summed E-state index contributed by atoms with van der Waals surface area (Å²) in [6.45, 7) is 5.29. The number of amides is 1. The van der Waals surface area contributed by atoms with Crippen LogP contribution in [0, 0.1) is 6.92 Å². The van der Waals surface area contributed by atoms with Gasteiger partial charge in [-0.2, -0.15) is 4.98 Å². The molecule has 2 aromatic carbocycles. The van der Waals surface area contributed by atoms with Gasteiger partial charge in [0.15, 0.2) is 11.5 Å². The first-order valence-electron chi connectivity index (χ1n) is 10.1. The summed E-state index contributed by atoms with van der Waals surface area (Å²) in [7, 11) is 1.55. The fourth-order valence-electron chi connectivity index (χ4n) is 4.57. The van der Waals surface area contributed by atoms with Crippen LogP contribution in [0.5, 0.6) is 5.75 Å². The van der Waals surface area contributed by atoms with Crippen LogP contribution >= 0.6 is 0 Å². The minimum absolute atomic E-state index is 0.0925. The van der Waals surface area contributed by atoms with Crippen LogP contribution in [0.25, 0.3) is 11.4 Å². The lowest BCUT2D eigenvalue weighted by atomic mass is 9.67. The Kier molecular flexibility index (Phi) is 4.24. The van der Waals surface area contributed by atoms with E-state index in [0.717, 1.165) is 5.56 Å². The zero-order valence-electron chi connectivity index (χ0n) is 18.0. The number of hydrogen-bond donors (Lipinski definition) is 1. The second-order valence-corrected chi connectivity index (χ2v) is 8.40. The molecule has 2 aliphatic rings. The Hall–Kier alpha value is -3.94. The molecule has 1 amide bonds. The van der Waals surface area contributed by atoms with E-state index in [1.165, 1.54) is 4.90 Å². The topological polar surface area (TPSA) is 106 Å². The molecule has 162 valence electrons. The highest BCUT2D eigenvalue weighted by atomic mass is 16.5. The van der Waals surface area contributed by atoms with Gasteiger partial charge in [-0.15, -0.1) is 0 Å². The molecule has 1 aromatic heterocycles. The van der Waals surface area contributed by atoms with Crippen molar-refractivity contribution in [2.75, 3.05) is 12.0 Å². The van der Waals surface area contributed by atoms with E-state index in [1.54, 1.807) is 58.2 Å². The van der Waals surface area contributed by atoms with Crippen molar-refractivity contribution in [1.29, 1.82) is 0 Å². The Morgan fingerprint density at radius 2 is 1.84 bits per heavy atom. The number of carbonyl (C=O) groups excluding carboxylic acids is 2. The third-order valence-electron chi connectivity index (χ3n) is 6.18. The summed E-state index contributed by atoms with van der Waals surface area (Å²) in [5.41, 5.74) is 1.88. The number of anilines is 1.